The molecule has 8 heteroatoms. The summed E-state index contributed by atoms with van der Waals surface area (Å²) in [7, 11) is 0. The normalized spacial score (nSPS) is 13.1. The molecule has 0 saturated carbocycles. The molecule has 0 heterocycles. The van der Waals surface area contributed by atoms with Crippen molar-refractivity contribution in [2.24, 2.45) is 5.73 Å². The highest BCUT2D eigenvalue weighted by molar-refractivity contribution is 6.32. The number of phenols is 1. The zero-order chi connectivity index (χ0) is 11.8. The number of alkyl halides is 3. The van der Waals surface area contributed by atoms with Gasteiger partial charge in [-0.25, -0.2) is 4.39 Å². The van der Waals surface area contributed by atoms with Crippen LogP contribution < -0.4 is 5.73 Å². The molecule has 0 bridgehead atoms. The summed E-state index contributed by atoms with van der Waals surface area (Å²) < 4.78 is 49.3. The first-order chi connectivity index (χ1) is 6.73. The van der Waals surface area contributed by atoms with Crippen molar-refractivity contribution >= 4 is 24.0 Å². The molecular formula is C8H7Cl2F4NO. The highest BCUT2D eigenvalue weighted by Crippen LogP contribution is 2.38. The third-order valence-electron chi connectivity index (χ3n) is 1.75. The van der Waals surface area contributed by atoms with Gasteiger partial charge in [-0.1, -0.05) is 11.6 Å². The largest absolute Gasteiger partial charge is 0.506 e. The lowest BCUT2D eigenvalue weighted by Gasteiger charge is -2.17. The molecule has 0 spiro atoms. The maximum Gasteiger partial charge on any atom is 0.407 e. The molecule has 0 radical (unpaired) electrons. The Kier molecular flexibility index (Phi) is 4.85. The summed E-state index contributed by atoms with van der Waals surface area (Å²) in [5.41, 5.74) is 4.02. The van der Waals surface area contributed by atoms with E-state index in [9.17, 15) is 22.7 Å². The Labute approximate surface area is 99.4 Å². The lowest BCUT2D eigenvalue weighted by Crippen LogP contribution is -2.28. The highest BCUT2D eigenvalue weighted by Gasteiger charge is 2.39. The van der Waals surface area contributed by atoms with E-state index in [0.29, 0.717) is 12.1 Å². The number of aromatic hydroxyl groups is 1. The van der Waals surface area contributed by atoms with Crippen molar-refractivity contribution in [1.29, 1.82) is 0 Å². The van der Waals surface area contributed by atoms with Crippen LogP contribution >= 0.6 is 24.0 Å². The Morgan fingerprint density at radius 1 is 1.31 bits per heavy atom. The van der Waals surface area contributed by atoms with Gasteiger partial charge in [0.2, 0.25) is 0 Å². The first-order valence-electron chi connectivity index (χ1n) is 3.73. The minimum absolute atomic E-state index is 0. The molecule has 3 N–H and O–H groups in total. The van der Waals surface area contributed by atoms with Crippen molar-refractivity contribution < 1.29 is 22.7 Å². The molecule has 1 aromatic carbocycles. The van der Waals surface area contributed by atoms with Crippen LogP contribution in [0.25, 0.3) is 0 Å². The molecule has 1 aromatic rings. The monoisotopic (exact) mass is 279 g/mol. The van der Waals surface area contributed by atoms with Crippen LogP contribution in [0.1, 0.15) is 11.6 Å². The quantitative estimate of drug-likeness (QED) is 0.776. The summed E-state index contributed by atoms with van der Waals surface area (Å²) in [5.74, 6) is -1.85. The van der Waals surface area contributed by atoms with Gasteiger partial charge in [0.15, 0.2) is 0 Å². The lowest BCUT2D eigenvalue weighted by atomic mass is 10.1. The standard InChI is InChI=1S/C8H6ClF4NO.ClH/c9-5-2-3(10)1-4(6(5)15)7(14)8(11,12)13;/h1-2,7,15H,14H2;1H/t7-;/m0./s1. The summed E-state index contributed by atoms with van der Waals surface area (Å²) in [6.45, 7) is 0. The zero-order valence-electron chi connectivity index (χ0n) is 7.55. The van der Waals surface area contributed by atoms with Crippen molar-refractivity contribution in [1.82, 2.24) is 0 Å². The molecule has 0 aliphatic heterocycles. The second-order valence-corrected chi connectivity index (χ2v) is 3.25. The molecule has 0 amide bonds. The van der Waals surface area contributed by atoms with E-state index in [-0.39, 0.29) is 12.4 Å². The van der Waals surface area contributed by atoms with E-state index in [1.54, 1.807) is 0 Å². The summed E-state index contributed by atoms with van der Waals surface area (Å²) in [5, 5.41) is 8.67. The van der Waals surface area contributed by atoms with E-state index < -0.39 is 34.4 Å². The van der Waals surface area contributed by atoms with E-state index in [0.717, 1.165) is 0 Å². The molecule has 0 saturated heterocycles. The highest BCUT2D eigenvalue weighted by atomic mass is 35.5. The first-order valence-corrected chi connectivity index (χ1v) is 4.11. The average Bonchev–Trinajstić information content (AvgIpc) is 2.08. The number of halogens is 6. The molecule has 0 fully saturated rings. The fourth-order valence-corrected chi connectivity index (χ4v) is 1.21. The van der Waals surface area contributed by atoms with Crippen LogP contribution in [0.4, 0.5) is 17.6 Å². The Balaban J connectivity index is 0.00000225. The van der Waals surface area contributed by atoms with Gasteiger partial charge in [0.1, 0.15) is 17.6 Å². The van der Waals surface area contributed by atoms with Crippen molar-refractivity contribution in [3.8, 4) is 5.75 Å². The number of rotatable bonds is 1. The molecule has 92 valence electrons. The Morgan fingerprint density at radius 3 is 2.25 bits per heavy atom. The molecule has 1 atom stereocenters. The van der Waals surface area contributed by atoms with Crippen LogP contribution in [-0.4, -0.2) is 11.3 Å². The summed E-state index contributed by atoms with van der Waals surface area (Å²) in [6.07, 6.45) is -4.77. The van der Waals surface area contributed by atoms with Gasteiger partial charge in [0.05, 0.1) is 5.02 Å². The Bertz CT molecular complexity index is 383. The second-order valence-electron chi connectivity index (χ2n) is 2.84. The minimum Gasteiger partial charge on any atom is -0.506 e. The van der Waals surface area contributed by atoms with Gasteiger partial charge in [-0.2, -0.15) is 13.2 Å². The van der Waals surface area contributed by atoms with Crippen molar-refractivity contribution in [3.05, 3.63) is 28.5 Å². The smallest absolute Gasteiger partial charge is 0.407 e. The van der Waals surface area contributed by atoms with Crippen LogP contribution in [0, 0.1) is 5.82 Å². The maximum atomic E-state index is 12.7. The van der Waals surface area contributed by atoms with Gasteiger partial charge in [0.25, 0.3) is 0 Å². The van der Waals surface area contributed by atoms with Crippen LogP contribution in [0.15, 0.2) is 12.1 Å². The van der Waals surface area contributed by atoms with E-state index in [1.807, 2.05) is 0 Å². The number of hydrogen-bond donors (Lipinski definition) is 2. The average molecular weight is 280 g/mol. The Morgan fingerprint density at radius 2 is 1.81 bits per heavy atom. The van der Waals surface area contributed by atoms with E-state index >= 15 is 0 Å². The van der Waals surface area contributed by atoms with Gasteiger partial charge in [-0.15, -0.1) is 12.4 Å². The van der Waals surface area contributed by atoms with Crippen molar-refractivity contribution in [3.63, 3.8) is 0 Å². The van der Waals surface area contributed by atoms with Gasteiger partial charge < -0.3 is 10.8 Å². The predicted molar refractivity (Wildman–Crippen MR) is 53.3 cm³/mol. The van der Waals surface area contributed by atoms with Crippen molar-refractivity contribution in [2.45, 2.75) is 12.2 Å². The topological polar surface area (TPSA) is 46.2 Å². The van der Waals surface area contributed by atoms with Gasteiger partial charge >= 0.3 is 6.18 Å². The van der Waals surface area contributed by atoms with E-state index in [2.05, 4.69) is 0 Å². The van der Waals surface area contributed by atoms with Crippen molar-refractivity contribution in [2.75, 3.05) is 0 Å². The number of nitrogens with two attached hydrogens (primary N) is 1. The SMILES string of the molecule is Cl.N[C@@H](c1cc(F)cc(Cl)c1O)C(F)(F)F. The third kappa shape index (κ3) is 3.13. The van der Waals surface area contributed by atoms with Gasteiger partial charge in [-0.3, -0.25) is 0 Å². The second kappa shape index (κ2) is 5.07. The van der Waals surface area contributed by atoms with E-state index in [1.165, 1.54) is 0 Å². The molecule has 0 unspecified atom stereocenters. The fraction of sp³-hybridized carbons (Fsp3) is 0.250. The lowest BCUT2D eigenvalue weighted by molar-refractivity contribution is -0.149. The zero-order valence-corrected chi connectivity index (χ0v) is 9.13. The van der Waals surface area contributed by atoms with Crippen LogP contribution in [0.2, 0.25) is 5.02 Å². The first kappa shape index (κ1) is 15.3. The van der Waals surface area contributed by atoms with Gasteiger partial charge in [-0.05, 0) is 12.1 Å². The molecule has 0 aliphatic rings. The Hall–Kier alpha value is -0.720. The third-order valence-corrected chi connectivity index (χ3v) is 2.03. The predicted octanol–water partition coefficient (Wildman–Crippen LogP) is 3.17. The number of benzene rings is 1. The molecule has 16 heavy (non-hydrogen) atoms. The van der Waals surface area contributed by atoms with Crippen LogP contribution in [0.5, 0.6) is 5.75 Å². The number of phenolic OH excluding ortho intramolecular Hbond substituents is 1. The summed E-state index contributed by atoms with van der Waals surface area (Å²) >= 11 is 5.30. The van der Waals surface area contributed by atoms with Gasteiger partial charge in [0, 0.05) is 5.56 Å². The molecule has 0 aliphatic carbocycles. The summed E-state index contributed by atoms with van der Waals surface area (Å²) in [6, 6.07) is -1.27. The molecule has 0 aromatic heterocycles. The number of hydrogen-bond acceptors (Lipinski definition) is 2. The molecular weight excluding hydrogens is 273 g/mol. The van der Waals surface area contributed by atoms with E-state index in [4.69, 9.17) is 17.3 Å². The fourth-order valence-electron chi connectivity index (χ4n) is 0.999. The maximum absolute atomic E-state index is 12.7. The minimum atomic E-state index is -4.77. The summed E-state index contributed by atoms with van der Waals surface area (Å²) in [4.78, 5) is 0. The molecule has 1 rings (SSSR count). The van der Waals surface area contributed by atoms with Crippen LogP contribution in [0.3, 0.4) is 0 Å². The molecule has 2 nitrogen and oxygen atoms in total. The van der Waals surface area contributed by atoms with Crippen LogP contribution in [-0.2, 0) is 0 Å².